The van der Waals surface area contributed by atoms with Gasteiger partial charge in [-0.15, -0.1) is 0 Å². The third-order valence-electron chi connectivity index (χ3n) is 3.36. The molecule has 2 atom stereocenters. The van der Waals surface area contributed by atoms with Gasteiger partial charge >= 0.3 is 0 Å². The molecular weight excluding hydrogens is 212 g/mol. The van der Waals surface area contributed by atoms with Gasteiger partial charge in [0, 0.05) is 6.54 Å². The number of carbonyl (C=O) groups excluding carboxylic acids is 1. The number of benzene rings is 1. The molecule has 2 unspecified atom stereocenters. The molecule has 3 nitrogen and oxygen atoms in total. The van der Waals surface area contributed by atoms with Gasteiger partial charge in [-0.2, -0.15) is 0 Å². The van der Waals surface area contributed by atoms with Crippen molar-refractivity contribution in [2.45, 2.75) is 25.8 Å². The lowest BCUT2D eigenvalue weighted by molar-refractivity contribution is -0.125. The van der Waals surface area contributed by atoms with Crippen LogP contribution in [0.4, 0.5) is 0 Å². The van der Waals surface area contributed by atoms with Gasteiger partial charge < -0.3 is 10.6 Å². The van der Waals surface area contributed by atoms with Crippen molar-refractivity contribution in [2.75, 3.05) is 13.1 Å². The maximum Gasteiger partial charge on any atom is 0.224 e. The van der Waals surface area contributed by atoms with E-state index in [-0.39, 0.29) is 17.9 Å². The molecule has 2 rings (SSSR count). The number of nitrogens with one attached hydrogen (secondary N) is 2. The minimum atomic E-state index is 0.143. The molecule has 0 bridgehead atoms. The number of hydrogen-bond donors (Lipinski definition) is 2. The standard InChI is InChI=1S/C14H20N2O/c1-2-13(11-6-4-3-5-7-11)16-14(17)12-8-9-15-10-12/h3-7,12-13,15H,2,8-10H2,1H3,(H,16,17). The van der Waals surface area contributed by atoms with Gasteiger partial charge in [0.1, 0.15) is 0 Å². The summed E-state index contributed by atoms with van der Waals surface area (Å²) in [6.45, 7) is 3.88. The van der Waals surface area contributed by atoms with Crippen molar-refractivity contribution in [1.82, 2.24) is 10.6 Å². The normalized spacial score (nSPS) is 21.1. The predicted octanol–water partition coefficient (Wildman–Crippen LogP) is 1.86. The van der Waals surface area contributed by atoms with Crippen molar-refractivity contribution < 1.29 is 4.79 Å². The van der Waals surface area contributed by atoms with E-state index in [0.717, 1.165) is 25.9 Å². The Hall–Kier alpha value is -1.35. The van der Waals surface area contributed by atoms with Crippen molar-refractivity contribution in [1.29, 1.82) is 0 Å². The summed E-state index contributed by atoms with van der Waals surface area (Å²) >= 11 is 0. The van der Waals surface area contributed by atoms with E-state index in [4.69, 9.17) is 0 Å². The summed E-state index contributed by atoms with van der Waals surface area (Å²) in [4.78, 5) is 12.0. The van der Waals surface area contributed by atoms with Crippen LogP contribution < -0.4 is 10.6 Å². The van der Waals surface area contributed by atoms with E-state index in [9.17, 15) is 4.79 Å². The van der Waals surface area contributed by atoms with Crippen LogP contribution in [0.25, 0.3) is 0 Å². The highest BCUT2D eigenvalue weighted by atomic mass is 16.2. The first-order chi connectivity index (χ1) is 8.31. The number of amides is 1. The number of rotatable bonds is 4. The lowest BCUT2D eigenvalue weighted by Crippen LogP contribution is -2.34. The molecule has 2 N–H and O–H groups in total. The van der Waals surface area contributed by atoms with Gasteiger partial charge in [-0.3, -0.25) is 4.79 Å². The Morgan fingerprint density at radius 3 is 2.82 bits per heavy atom. The van der Waals surface area contributed by atoms with E-state index >= 15 is 0 Å². The van der Waals surface area contributed by atoms with Gasteiger partial charge in [0.2, 0.25) is 5.91 Å². The molecule has 17 heavy (non-hydrogen) atoms. The fourth-order valence-electron chi connectivity index (χ4n) is 2.27. The maximum atomic E-state index is 12.0. The van der Waals surface area contributed by atoms with E-state index < -0.39 is 0 Å². The Morgan fingerprint density at radius 1 is 1.47 bits per heavy atom. The Bertz CT molecular complexity index is 358. The molecule has 1 amide bonds. The van der Waals surface area contributed by atoms with Crippen LogP contribution in [-0.4, -0.2) is 19.0 Å². The van der Waals surface area contributed by atoms with Gasteiger partial charge in [-0.05, 0) is 24.9 Å². The molecule has 1 heterocycles. The number of carbonyl (C=O) groups is 1. The van der Waals surface area contributed by atoms with Crippen LogP contribution in [-0.2, 0) is 4.79 Å². The first-order valence-electron chi connectivity index (χ1n) is 6.37. The second kappa shape index (κ2) is 5.82. The lowest BCUT2D eigenvalue weighted by atomic mass is 10.0. The molecule has 1 fully saturated rings. The van der Waals surface area contributed by atoms with E-state index in [0.29, 0.717) is 0 Å². The Morgan fingerprint density at radius 2 is 2.24 bits per heavy atom. The molecule has 1 aliphatic heterocycles. The monoisotopic (exact) mass is 232 g/mol. The zero-order valence-corrected chi connectivity index (χ0v) is 10.3. The van der Waals surface area contributed by atoms with Crippen molar-refractivity contribution in [2.24, 2.45) is 5.92 Å². The molecule has 1 aromatic rings. The van der Waals surface area contributed by atoms with E-state index in [1.807, 2.05) is 18.2 Å². The van der Waals surface area contributed by atoms with Crippen molar-refractivity contribution in [3.63, 3.8) is 0 Å². The summed E-state index contributed by atoms with van der Waals surface area (Å²) in [5.74, 6) is 0.332. The minimum Gasteiger partial charge on any atom is -0.349 e. The summed E-state index contributed by atoms with van der Waals surface area (Å²) in [6.07, 6.45) is 1.88. The summed E-state index contributed by atoms with van der Waals surface area (Å²) in [5, 5.41) is 6.37. The largest absolute Gasteiger partial charge is 0.349 e. The summed E-state index contributed by atoms with van der Waals surface area (Å²) in [6, 6.07) is 10.3. The highest BCUT2D eigenvalue weighted by Crippen LogP contribution is 2.17. The summed E-state index contributed by atoms with van der Waals surface area (Å²) in [5.41, 5.74) is 1.19. The van der Waals surface area contributed by atoms with Crippen LogP contribution in [0.15, 0.2) is 30.3 Å². The minimum absolute atomic E-state index is 0.143. The Labute approximate surface area is 103 Å². The first kappa shape index (κ1) is 12.1. The molecule has 92 valence electrons. The van der Waals surface area contributed by atoms with Gasteiger partial charge in [0.15, 0.2) is 0 Å². The highest BCUT2D eigenvalue weighted by molar-refractivity contribution is 5.79. The van der Waals surface area contributed by atoms with Gasteiger partial charge in [-0.1, -0.05) is 37.3 Å². The van der Waals surface area contributed by atoms with Crippen LogP contribution >= 0.6 is 0 Å². The molecular formula is C14H20N2O. The van der Waals surface area contributed by atoms with E-state index in [2.05, 4.69) is 29.7 Å². The van der Waals surface area contributed by atoms with E-state index in [1.165, 1.54) is 5.56 Å². The van der Waals surface area contributed by atoms with Crippen molar-refractivity contribution in [3.8, 4) is 0 Å². The molecule has 1 aromatic carbocycles. The van der Waals surface area contributed by atoms with Crippen LogP contribution in [0.3, 0.4) is 0 Å². The smallest absolute Gasteiger partial charge is 0.224 e. The Kier molecular flexibility index (Phi) is 4.15. The van der Waals surface area contributed by atoms with E-state index in [1.54, 1.807) is 0 Å². The first-order valence-corrected chi connectivity index (χ1v) is 6.37. The van der Waals surface area contributed by atoms with Crippen LogP contribution in [0.1, 0.15) is 31.4 Å². The quantitative estimate of drug-likeness (QED) is 0.832. The molecule has 0 saturated carbocycles. The molecule has 0 spiro atoms. The van der Waals surface area contributed by atoms with Crippen LogP contribution in [0.2, 0.25) is 0 Å². The molecule has 3 heteroatoms. The third kappa shape index (κ3) is 3.07. The second-order valence-electron chi connectivity index (χ2n) is 4.57. The molecule has 1 aliphatic rings. The van der Waals surface area contributed by atoms with Crippen molar-refractivity contribution >= 4 is 5.91 Å². The second-order valence-corrected chi connectivity index (χ2v) is 4.57. The number of hydrogen-bond acceptors (Lipinski definition) is 2. The molecule has 0 radical (unpaired) electrons. The third-order valence-corrected chi connectivity index (χ3v) is 3.36. The lowest BCUT2D eigenvalue weighted by Gasteiger charge is -2.19. The molecule has 0 aliphatic carbocycles. The molecule has 0 aromatic heterocycles. The van der Waals surface area contributed by atoms with Gasteiger partial charge in [0.05, 0.1) is 12.0 Å². The zero-order valence-electron chi connectivity index (χ0n) is 10.3. The topological polar surface area (TPSA) is 41.1 Å². The van der Waals surface area contributed by atoms with Gasteiger partial charge in [-0.25, -0.2) is 0 Å². The predicted molar refractivity (Wildman–Crippen MR) is 68.6 cm³/mol. The van der Waals surface area contributed by atoms with Gasteiger partial charge in [0.25, 0.3) is 0 Å². The summed E-state index contributed by atoms with van der Waals surface area (Å²) in [7, 11) is 0. The van der Waals surface area contributed by atoms with Crippen molar-refractivity contribution in [3.05, 3.63) is 35.9 Å². The Balaban J connectivity index is 1.97. The fraction of sp³-hybridized carbons (Fsp3) is 0.500. The SMILES string of the molecule is CCC(NC(=O)C1CCNC1)c1ccccc1. The summed E-state index contributed by atoms with van der Waals surface area (Å²) < 4.78 is 0. The fourth-order valence-corrected chi connectivity index (χ4v) is 2.27. The average Bonchev–Trinajstić information content (AvgIpc) is 2.90. The highest BCUT2D eigenvalue weighted by Gasteiger charge is 2.24. The zero-order chi connectivity index (χ0) is 12.1. The molecule has 1 saturated heterocycles. The van der Waals surface area contributed by atoms with Crippen LogP contribution in [0.5, 0.6) is 0 Å². The average molecular weight is 232 g/mol. The van der Waals surface area contributed by atoms with Crippen LogP contribution in [0, 0.1) is 5.92 Å². The maximum absolute atomic E-state index is 12.0.